The number of nitrogens with zero attached hydrogens (tertiary/aromatic N) is 1. The Morgan fingerprint density at radius 3 is 2.47 bits per heavy atom. The molecule has 0 bridgehead atoms. The molecule has 0 spiro atoms. The summed E-state index contributed by atoms with van der Waals surface area (Å²) in [5.41, 5.74) is 6.07. The van der Waals surface area contributed by atoms with Crippen LogP contribution in [-0.4, -0.2) is 43.0 Å². The van der Waals surface area contributed by atoms with Crippen LogP contribution in [-0.2, 0) is 4.79 Å². The van der Waals surface area contributed by atoms with Crippen LogP contribution in [0.5, 0.6) is 0 Å². The van der Waals surface area contributed by atoms with Crippen molar-refractivity contribution < 1.29 is 4.79 Å². The Bertz CT molecular complexity index is 273. The fourth-order valence-electron chi connectivity index (χ4n) is 3.07. The summed E-state index contributed by atoms with van der Waals surface area (Å²) >= 11 is 0. The van der Waals surface area contributed by atoms with Gasteiger partial charge in [0.15, 0.2) is 0 Å². The zero-order valence-electron chi connectivity index (χ0n) is 12.9. The van der Waals surface area contributed by atoms with Crippen molar-refractivity contribution in [1.82, 2.24) is 10.2 Å². The van der Waals surface area contributed by atoms with Gasteiger partial charge >= 0.3 is 0 Å². The van der Waals surface area contributed by atoms with Gasteiger partial charge in [0.25, 0.3) is 0 Å². The van der Waals surface area contributed by atoms with E-state index in [-0.39, 0.29) is 11.4 Å². The van der Waals surface area contributed by atoms with Crippen molar-refractivity contribution in [3.63, 3.8) is 0 Å². The lowest BCUT2D eigenvalue weighted by atomic mass is 9.74. The molecule has 0 aromatic heterocycles. The number of carbonyl (C=O) groups excluding carboxylic acids is 1. The van der Waals surface area contributed by atoms with Crippen LogP contribution in [0.3, 0.4) is 0 Å². The standard InChI is InChI=1S/C15H31N3O/c1-4-10-17-14(19)11-18(3)15(12-16)8-6-13(5-2)7-9-15/h13H,4-12,16H2,1-3H3,(H,17,19). The van der Waals surface area contributed by atoms with E-state index in [4.69, 9.17) is 5.73 Å². The molecular formula is C15H31N3O. The molecule has 1 aliphatic rings. The number of nitrogens with one attached hydrogen (secondary N) is 1. The van der Waals surface area contributed by atoms with Crippen LogP contribution >= 0.6 is 0 Å². The third kappa shape index (κ3) is 4.46. The maximum Gasteiger partial charge on any atom is 0.234 e. The molecule has 0 aromatic rings. The Hall–Kier alpha value is -0.610. The Morgan fingerprint density at radius 2 is 2.00 bits per heavy atom. The summed E-state index contributed by atoms with van der Waals surface area (Å²) in [5, 5.41) is 2.94. The molecule has 1 fully saturated rings. The predicted octanol–water partition coefficient (Wildman–Crippen LogP) is 1.74. The van der Waals surface area contributed by atoms with Gasteiger partial charge in [-0.3, -0.25) is 9.69 Å². The van der Waals surface area contributed by atoms with Gasteiger partial charge in [-0.25, -0.2) is 0 Å². The number of amides is 1. The second-order valence-corrected chi connectivity index (χ2v) is 5.99. The first-order valence-corrected chi connectivity index (χ1v) is 7.76. The molecule has 1 saturated carbocycles. The van der Waals surface area contributed by atoms with Crippen LogP contribution in [0.2, 0.25) is 0 Å². The highest BCUT2D eigenvalue weighted by atomic mass is 16.2. The van der Waals surface area contributed by atoms with E-state index in [2.05, 4.69) is 24.1 Å². The van der Waals surface area contributed by atoms with Gasteiger partial charge in [-0.15, -0.1) is 0 Å². The van der Waals surface area contributed by atoms with Crippen LogP contribution in [0, 0.1) is 5.92 Å². The lowest BCUT2D eigenvalue weighted by Gasteiger charge is -2.45. The first kappa shape index (κ1) is 16.4. The fraction of sp³-hybridized carbons (Fsp3) is 0.933. The third-order valence-corrected chi connectivity index (χ3v) is 4.76. The maximum absolute atomic E-state index is 11.8. The number of carbonyl (C=O) groups is 1. The van der Waals surface area contributed by atoms with Crippen molar-refractivity contribution in [3.8, 4) is 0 Å². The van der Waals surface area contributed by atoms with E-state index in [9.17, 15) is 4.79 Å². The largest absolute Gasteiger partial charge is 0.355 e. The van der Waals surface area contributed by atoms with Crippen LogP contribution in [0.4, 0.5) is 0 Å². The molecule has 4 heteroatoms. The third-order valence-electron chi connectivity index (χ3n) is 4.76. The summed E-state index contributed by atoms with van der Waals surface area (Å²) < 4.78 is 0. The first-order chi connectivity index (χ1) is 9.07. The Labute approximate surface area is 118 Å². The van der Waals surface area contributed by atoms with Crippen LogP contribution in [0.1, 0.15) is 52.4 Å². The maximum atomic E-state index is 11.8. The minimum absolute atomic E-state index is 0.0369. The van der Waals surface area contributed by atoms with E-state index in [0.717, 1.165) is 31.7 Å². The highest BCUT2D eigenvalue weighted by Crippen LogP contribution is 2.36. The number of likely N-dealkylation sites (N-methyl/N-ethyl adjacent to an activating group) is 1. The van der Waals surface area contributed by atoms with Gasteiger partial charge in [0.1, 0.15) is 0 Å². The smallest absolute Gasteiger partial charge is 0.234 e. The van der Waals surface area contributed by atoms with E-state index in [1.165, 1.54) is 19.3 Å². The average Bonchev–Trinajstić information content (AvgIpc) is 2.45. The van der Waals surface area contributed by atoms with E-state index in [1.807, 2.05) is 7.05 Å². The second kappa shape index (κ2) is 7.85. The van der Waals surface area contributed by atoms with Crippen molar-refractivity contribution in [2.45, 2.75) is 57.9 Å². The van der Waals surface area contributed by atoms with E-state index in [0.29, 0.717) is 13.1 Å². The van der Waals surface area contributed by atoms with Gasteiger partial charge in [0.2, 0.25) is 5.91 Å². The molecule has 0 saturated heterocycles. The zero-order chi connectivity index (χ0) is 14.3. The number of hydrogen-bond acceptors (Lipinski definition) is 3. The van der Waals surface area contributed by atoms with Gasteiger partial charge in [0, 0.05) is 18.6 Å². The summed E-state index contributed by atoms with van der Waals surface area (Å²) in [5.74, 6) is 0.969. The first-order valence-electron chi connectivity index (χ1n) is 7.76. The Morgan fingerprint density at radius 1 is 1.37 bits per heavy atom. The molecule has 0 unspecified atom stereocenters. The summed E-state index contributed by atoms with van der Waals surface area (Å²) in [7, 11) is 2.05. The Kier molecular flexibility index (Phi) is 6.80. The van der Waals surface area contributed by atoms with Crippen LogP contribution < -0.4 is 11.1 Å². The van der Waals surface area contributed by atoms with Crippen molar-refractivity contribution in [2.24, 2.45) is 11.7 Å². The molecule has 19 heavy (non-hydrogen) atoms. The lowest BCUT2D eigenvalue weighted by Crippen LogP contribution is -2.56. The fourth-order valence-corrected chi connectivity index (χ4v) is 3.07. The quantitative estimate of drug-likeness (QED) is 0.740. The molecule has 112 valence electrons. The van der Waals surface area contributed by atoms with Gasteiger partial charge < -0.3 is 11.1 Å². The van der Waals surface area contributed by atoms with E-state index in [1.54, 1.807) is 0 Å². The van der Waals surface area contributed by atoms with Gasteiger partial charge in [-0.2, -0.15) is 0 Å². The molecule has 3 N–H and O–H groups in total. The van der Waals surface area contributed by atoms with E-state index < -0.39 is 0 Å². The minimum Gasteiger partial charge on any atom is -0.355 e. The highest BCUT2D eigenvalue weighted by molar-refractivity contribution is 5.78. The molecule has 1 amide bonds. The molecule has 1 rings (SSSR count). The number of nitrogens with two attached hydrogens (primary N) is 1. The molecule has 4 nitrogen and oxygen atoms in total. The molecule has 0 atom stereocenters. The van der Waals surface area contributed by atoms with Gasteiger partial charge in [0.05, 0.1) is 6.54 Å². The average molecular weight is 269 g/mol. The number of hydrogen-bond donors (Lipinski definition) is 2. The zero-order valence-corrected chi connectivity index (χ0v) is 12.9. The minimum atomic E-state index is 0.0369. The lowest BCUT2D eigenvalue weighted by molar-refractivity contribution is -0.123. The summed E-state index contributed by atoms with van der Waals surface area (Å²) in [6.45, 7) is 6.22. The second-order valence-electron chi connectivity index (χ2n) is 5.99. The van der Waals surface area contributed by atoms with Gasteiger partial charge in [-0.05, 0) is 45.1 Å². The SMILES string of the molecule is CCCNC(=O)CN(C)C1(CN)CCC(CC)CC1. The molecule has 0 aromatic carbocycles. The molecule has 1 aliphatic carbocycles. The molecule has 0 radical (unpaired) electrons. The topological polar surface area (TPSA) is 58.4 Å². The number of rotatable bonds is 7. The van der Waals surface area contributed by atoms with Crippen molar-refractivity contribution in [2.75, 3.05) is 26.7 Å². The van der Waals surface area contributed by atoms with E-state index >= 15 is 0 Å². The van der Waals surface area contributed by atoms with Gasteiger partial charge in [-0.1, -0.05) is 20.3 Å². The predicted molar refractivity (Wildman–Crippen MR) is 80.0 cm³/mol. The monoisotopic (exact) mass is 269 g/mol. The molecule has 0 heterocycles. The van der Waals surface area contributed by atoms with Crippen molar-refractivity contribution >= 4 is 5.91 Å². The summed E-state index contributed by atoms with van der Waals surface area (Å²) in [4.78, 5) is 14.0. The Balaban J connectivity index is 2.51. The normalized spacial score (nSPS) is 27.5. The summed E-state index contributed by atoms with van der Waals surface area (Å²) in [6.07, 6.45) is 6.99. The van der Waals surface area contributed by atoms with Crippen LogP contribution in [0.25, 0.3) is 0 Å². The van der Waals surface area contributed by atoms with Crippen LogP contribution in [0.15, 0.2) is 0 Å². The van der Waals surface area contributed by atoms with Crippen molar-refractivity contribution in [1.29, 1.82) is 0 Å². The highest BCUT2D eigenvalue weighted by Gasteiger charge is 2.37. The van der Waals surface area contributed by atoms with Crippen molar-refractivity contribution in [3.05, 3.63) is 0 Å². The summed E-state index contributed by atoms with van der Waals surface area (Å²) in [6, 6.07) is 0. The molecular weight excluding hydrogens is 238 g/mol. The molecule has 0 aliphatic heterocycles.